The molecule has 0 saturated carbocycles. The van der Waals surface area contributed by atoms with Crippen LogP contribution in [0.4, 0.5) is 4.79 Å². The topological polar surface area (TPSA) is 105 Å². The summed E-state index contributed by atoms with van der Waals surface area (Å²) in [5.41, 5.74) is 2.15. The van der Waals surface area contributed by atoms with Gasteiger partial charge in [-0.1, -0.05) is 24.3 Å². The monoisotopic (exact) mass is 489 g/mol. The molecule has 0 radical (unpaired) electrons. The van der Waals surface area contributed by atoms with Crippen LogP contribution in [0.2, 0.25) is 0 Å². The van der Waals surface area contributed by atoms with Gasteiger partial charge in [-0.25, -0.2) is 4.79 Å². The average molecular weight is 490 g/mol. The minimum Gasteiger partial charge on any atom is -0.485 e. The molecule has 4 aromatic rings. The average Bonchev–Trinajstić information content (AvgIpc) is 3.48. The van der Waals surface area contributed by atoms with E-state index in [1.807, 2.05) is 34.9 Å². The molecule has 3 heterocycles. The summed E-state index contributed by atoms with van der Waals surface area (Å²) < 4.78 is 20.0. The summed E-state index contributed by atoms with van der Waals surface area (Å²) in [5, 5.41) is 14.5. The van der Waals surface area contributed by atoms with Crippen LogP contribution >= 0.6 is 0 Å². The number of carbonyl (C=O) groups excluding carboxylic acids is 2. The molecule has 0 spiro atoms. The number of aliphatic hydroxyl groups excluding tert-OH is 1. The van der Waals surface area contributed by atoms with Crippen LogP contribution < -0.4 is 9.47 Å². The van der Waals surface area contributed by atoms with Crippen molar-refractivity contribution in [1.82, 2.24) is 14.3 Å². The van der Waals surface area contributed by atoms with Crippen molar-refractivity contribution in [2.24, 2.45) is 0 Å². The van der Waals surface area contributed by atoms with Gasteiger partial charge in [0.05, 0.1) is 12.8 Å². The molecule has 2 aromatic carbocycles. The van der Waals surface area contributed by atoms with E-state index in [1.165, 1.54) is 0 Å². The van der Waals surface area contributed by atoms with Crippen molar-refractivity contribution >= 4 is 22.8 Å². The zero-order valence-electron chi connectivity index (χ0n) is 20.3. The summed E-state index contributed by atoms with van der Waals surface area (Å²) in [6, 6.07) is 12.9. The highest BCUT2D eigenvalue weighted by atomic mass is 16.6. The minimum absolute atomic E-state index is 0.0887. The lowest BCUT2D eigenvalue weighted by Crippen LogP contribution is -2.36. The van der Waals surface area contributed by atoms with E-state index < -0.39 is 17.8 Å². The van der Waals surface area contributed by atoms with Crippen LogP contribution in [0.3, 0.4) is 0 Å². The summed E-state index contributed by atoms with van der Waals surface area (Å²) in [6.45, 7) is 5.72. The maximum Gasteiger partial charge on any atom is 0.435 e. The quantitative estimate of drug-likeness (QED) is 0.417. The van der Waals surface area contributed by atoms with E-state index in [9.17, 15) is 14.7 Å². The van der Waals surface area contributed by atoms with Gasteiger partial charge in [0.15, 0.2) is 17.6 Å². The molecule has 5 rings (SSSR count). The molecule has 0 amide bonds. The van der Waals surface area contributed by atoms with Crippen molar-refractivity contribution in [3.05, 3.63) is 66.6 Å². The lowest BCUT2D eigenvalue weighted by molar-refractivity contribution is 0.0514. The van der Waals surface area contributed by atoms with Crippen molar-refractivity contribution in [2.45, 2.75) is 39.0 Å². The Labute approximate surface area is 207 Å². The number of para-hydroxylation sites is 2. The second-order valence-corrected chi connectivity index (χ2v) is 9.57. The van der Waals surface area contributed by atoms with E-state index in [0.29, 0.717) is 29.2 Å². The molecule has 9 nitrogen and oxygen atoms in total. The fourth-order valence-electron chi connectivity index (χ4n) is 4.16. The molecule has 0 bridgehead atoms. The minimum atomic E-state index is -0.778. The Bertz CT molecular complexity index is 1450. The molecular weight excluding hydrogens is 462 g/mol. The summed E-state index contributed by atoms with van der Waals surface area (Å²) in [5.74, 6) is 0.947. The molecule has 0 fully saturated rings. The number of rotatable bonds is 5. The zero-order valence-corrected chi connectivity index (χ0v) is 20.3. The molecule has 1 unspecified atom stereocenters. The molecule has 1 aliphatic rings. The van der Waals surface area contributed by atoms with Gasteiger partial charge in [0.1, 0.15) is 12.2 Å². The Morgan fingerprint density at radius 1 is 1.11 bits per heavy atom. The first kappa shape index (κ1) is 23.6. The van der Waals surface area contributed by atoms with Gasteiger partial charge < -0.3 is 23.9 Å². The third-order valence-electron chi connectivity index (χ3n) is 5.79. The van der Waals surface area contributed by atoms with Gasteiger partial charge in [-0.05, 0) is 44.5 Å². The summed E-state index contributed by atoms with van der Waals surface area (Å²) in [4.78, 5) is 25.8. The molecular formula is C27H27N3O6. The van der Waals surface area contributed by atoms with E-state index in [2.05, 4.69) is 5.10 Å². The lowest BCUT2D eigenvalue weighted by atomic mass is 10.0. The zero-order chi connectivity index (χ0) is 25.4. The molecule has 186 valence electrons. The van der Waals surface area contributed by atoms with Gasteiger partial charge in [0, 0.05) is 41.0 Å². The van der Waals surface area contributed by atoms with Gasteiger partial charge in [-0.3, -0.25) is 4.79 Å². The predicted molar refractivity (Wildman–Crippen MR) is 133 cm³/mol. The van der Waals surface area contributed by atoms with Gasteiger partial charge in [-0.15, -0.1) is 0 Å². The fourth-order valence-corrected chi connectivity index (χ4v) is 4.16. The number of ether oxygens (including phenoxy) is 3. The first-order valence-electron chi connectivity index (χ1n) is 11.7. The summed E-state index contributed by atoms with van der Waals surface area (Å²) >= 11 is 0. The maximum atomic E-state index is 13.4. The number of hydrogen-bond acceptors (Lipinski definition) is 7. The Morgan fingerprint density at radius 3 is 2.64 bits per heavy atom. The van der Waals surface area contributed by atoms with Crippen LogP contribution in [0.1, 0.15) is 31.1 Å². The van der Waals surface area contributed by atoms with Crippen LogP contribution in [0, 0.1) is 0 Å². The highest BCUT2D eigenvalue weighted by Gasteiger charge is 2.30. The number of fused-ring (bicyclic) bond motifs is 2. The molecule has 2 aromatic heterocycles. The first-order chi connectivity index (χ1) is 17.2. The van der Waals surface area contributed by atoms with Gasteiger partial charge in [0.25, 0.3) is 0 Å². The molecule has 9 heteroatoms. The molecule has 0 saturated heterocycles. The predicted octanol–water partition coefficient (Wildman–Crippen LogP) is 4.30. The number of hydrogen-bond donors (Lipinski definition) is 1. The Morgan fingerprint density at radius 2 is 1.89 bits per heavy atom. The number of aromatic nitrogens is 3. The van der Waals surface area contributed by atoms with Crippen LogP contribution in [0.5, 0.6) is 11.5 Å². The highest BCUT2D eigenvalue weighted by Crippen LogP contribution is 2.34. The second kappa shape index (κ2) is 9.16. The van der Waals surface area contributed by atoms with Crippen molar-refractivity contribution in [3.8, 4) is 22.6 Å². The molecule has 36 heavy (non-hydrogen) atoms. The van der Waals surface area contributed by atoms with Gasteiger partial charge in [0.2, 0.25) is 5.78 Å². The lowest BCUT2D eigenvalue weighted by Gasteiger charge is -2.25. The van der Waals surface area contributed by atoms with E-state index in [4.69, 9.17) is 14.2 Å². The fraction of sp³-hybridized carbons (Fsp3) is 0.296. The van der Waals surface area contributed by atoms with Crippen molar-refractivity contribution in [3.63, 3.8) is 0 Å². The van der Waals surface area contributed by atoms with Crippen LogP contribution in [-0.4, -0.2) is 56.2 Å². The largest absolute Gasteiger partial charge is 0.485 e. The number of aliphatic hydroxyl groups is 1. The summed E-state index contributed by atoms with van der Waals surface area (Å²) in [7, 11) is 0. The van der Waals surface area contributed by atoms with E-state index >= 15 is 0 Å². The smallest absolute Gasteiger partial charge is 0.435 e. The first-order valence-corrected chi connectivity index (χ1v) is 11.7. The number of ketones is 1. The molecule has 1 aliphatic heterocycles. The molecule has 0 aliphatic carbocycles. The second-order valence-electron chi connectivity index (χ2n) is 9.57. The third-order valence-corrected chi connectivity index (χ3v) is 5.79. The standard InChI is InChI=1S/C27H27N3O6/c1-27(2,3)36-26(33)30-14-18(13-28-30)17-8-9-19-20(15-29(10-11-31)21(19)12-17)25(32)24-16-34-22-6-4-5-7-23(22)35-24/h4-9,12-15,24,31H,10-11,16H2,1-3H3. The third kappa shape index (κ3) is 4.57. The summed E-state index contributed by atoms with van der Waals surface area (Å²) in [6.07, 6.45) is 3.58. The Hall–Kier alpha value is -4.11. The SMILES string of the molecule is CC(C)(C)OC(=O)n1cc(-c2ccc3c(C(=O)C4COc5ccccc5O4)cn(CCO)c3c2)cn1. The van der Waals surface area contributed by atoms with Crippen LogP contribution in [0.25, 0.3) is 22.0 Å². The van der Waals surface area contributed by atoms with Crippen molar-refractivity contribution in [2.75, 3.05) is 13.2 Å². The Balaban J connectivity index is 1.46. The maximum absolute atomic E-state index is 13.4. The number of carbonyl (C=O) groups is 2. The van der Waals surface area contributed by atoms with E-state index in [0.717, 1.165) is 21.1 Å². The number of Topliss-reactive ketones (excluding diaryl/α,β-unsaturated/α-hetero) is 1. The number of benzene rings is 2. The van der Waals surface area contributed by atoms with E-state index in [-0.39, 0.29) is 19.0 Å². The van der Waals surface area contributed by atoms with Crippen molar-refractivity contribution < 1.29 is 28.9 Å². The van der Waals surface area contributed by atoms with Crippen LogP contribution in [-0.2, 0) is 11.3 Å². The highest BCUT2D eigenvalue weighted by molar-refractivity contribution is 6.11. The molecule has 1 atom stereocenters. The number of nitrogens with zero attached hydrogens (tertiary/aromatic N) is 3. The normalized spacial score (nSPS) is 15.2. The van der Waals surface area contributed by atoms with E-state index in [1.54, 1.807) is 51.5 Å². The van der Waals surface area contributed by atoms with Crippen LogP contribution in [0.15, 0.2) is 61.1 Å². The van der Waals surface area contributed by atoms with Gasteiger partial charge >= 0.3 is 6.09 Å². The Kier molecular flexibility index (Phi) is 6.01. The van der Waals surface area contributed by atoms with Gasteiger partial charge in [-0.2, -0.15) is 9.78 Å². The molecule has 1 N–H and O–H groups in total. The van der Waals surface area contributed by atoms with Crippen molar-refractivity contribution in [1.29, 1.82) is 0 Å².